The monoisotopic (exact) mass is 2010 g/mol. The van der Waals surface area contributed by atoms with Gasteiger partial charge in [-0.15, -0.1) is 0 Å². The third-order valence-electron chi connectivity index (χ3n) is 24.9. The van der Waals surface area contributed by atoms with Gasteiger partial charge in [0, 0.05) is 99.8 Å². The first-order chi connectivity index (χ1) is 69.5. The van der Waals surface area contributed by atoms with Gasteiger partial charge >= 0.3 is 0 Å². The number of para-hydroxylation sites is 8. The van der Waals surface area contributed by atoms with Gasteiger partial charge in [-0.1, -0.05) is 121 Å². The molecule has 35 heteroatoms. The van der Waals surface area contributed by atoms with Crippen LogP contribution in [0.15, 0.2) is 330 Å². The molecule has 4 saturated heterocycles. The Balaban J connectivity index is 0.000000132. The smallest absolute Gasteiger partial charge is 0.264 e. The molecule has 16 aromatic rings. The van der Waals surface area contributed by atoms with Gasteiger partial charge in [0.2, 0.25) is 0 Å². The van der Waals surface area contributed by atoms with Gasteiger partial charge in [-0.2, -0.15) is 0 Å². The summed E-state index contributed by atoms with van der Waals surface area (Å²) in [5, 5.41) is 3.03. The van der Waals surface area contributed by atoms with Gasteiger partial charge in [-0.05, 0) is 200 Å². The van der Waals surface area contributed by atoms with E-state index in [1.165, 1.54) is 20.3 Å². The Morgan fingerprint density at radius 3 is 1.17 bits per heavy atom. The average molecular weight is 2010 g/mol. The molecule has 1 N–H and O–H groups in total. The molecule has 736 valence electrons. The minimum Gasteiger partial charge on any atom is -0.496 e. The van der Waals surface area contributed by atoms with Crippen LogP contribution in [-0.4, -0.2) is 213 Å². The lowest BCUT2D eigenvalue weighted by atomic mass is 9.93. The molecular formula is C109H101N11O20S4. The molecule has 31 nitrogen and oxygen atoms in total. The Bertz CT molecular complexity index is 7990. The summed E-state index contributed by atoms with van der Waals surface area (Å²) in [5.41, 5.74) is 8.11. The Morgan fingerprint density at radius 2 is 0.701 bits per heavy atom. The van der Waals surface area contributed by atoms with E-state index in [4.69, 9.17) is 37.9 Å². The number of rotatable bonds is 29. The van der Waals surface area contributed by atoms with Crippen molar-refractivity contribution in [1.29, 1.82) is 0 Å². The van der Waals surface area contributed by atoms with Crippen molar-refractivity contribution in [3.05, 3.63) is 366 Å². The van der Waals surface area contributed by atoms with Crippen molar-refractivity contribution >= 4 is 112 Å². The zero-order valence-corrected chi connectivity index (χ0v) is 82.8. The standard InChI is InChI=1S/C28H26N2O6S.C27H25N3O6S.C27H25N3O5S.C27H25N3O3S/c1-34-23-9-3-4-10-24(23)36-22-16-30(17-22)28(31)20-12-13-21(25(15-20)35-2)18-37(32,33)26-11-5-7-19-8-6-14-29-27(19)26;1-34-22-8-5-13-29-26(22)36-20-15-30(16-20)27(31)21-11-10-18(14-23(21)35-2)17-37(32,33)24-9-3-6-19-7-4-12-28-25(19)24;1-18-15-20(27(31)30-16-21(17-30)35-24-10-4-3-9-23(24)34-2)12-13-22(18)29-36(32,33)25-11-5-7-19-8-6-14-28-26(19)25;1-19-14-22(27(31)30-16-20(17-30)15-24-8-2-3-12-28-24)10-11-23(19)18-34(32,33)25-9-4-6-21-7-5-13-29-26(21)25/h3-15,22H,16-18H2,1-2H3;3-14,20H,15-17H2,1-2H3;3-15,21,29H,16-17H2,1-2H3;2-14,20H,15-18H2,1H3. The maximum atomic E-state index is 13.3. The van der Waals surface area contributed by atoms with Gasteiger partial charge in [-0.25, -0.2) is 38.7 Å². The molecule has 0 saturated carbocycles. The van der Waals surface area contributed by atoms with Gasteiger partial charge in [0.25, 0.3) is 39.5 Å². The van der Waals surface area contributed by atoms with E-state index in [0.717, 1.165) is 39.2 Å². The number of aromatic nitrogens is 6. The summed E-state index contributed by atoms with van der Waals surface area (Å²) in [6, 6.07) is 78.8. The van der Waals surface area contributed by atoms with E-state index in [2.05, 4.69) is 34.6 Å². The zero-order chi connectivity index (χ0) is 101. The zero-order valence-electron chi connectivity index (χ0n) is 79.5. The number of sulfonamides is 1. The third kappa shape index (κ3) is 22.6. The molecule has 4 fully saturated rings. The van der Waals surface area contributed by atoms with Crippen LogP contribution in [0.2, 0.25) is 0 Å². The molecule has 144 heavy (non-hydrogen) atoms. The van der Waals surface area contributed by atoms with E-state index in [0.29, 0.717) is 177 Å². The summed E-state index contributed by atoms with van der Waals surface area (Å²) in [6.45, 7) is 7.57. The second-order valence-corrected chi connectivity index (χ2v) is 42.2. The highest BCUT2D eigenvalue weighted by Crippen LogP contribution is 2.38. The van der Waals surface area contributed by atoms with Crippen molar-refractivity contribution in [2.45, 2.75) is 75.4 Å². The molecule has 10 aromatic carbocycles. The molecule has 4 amide bonds. The van der Waals surface area contributed by atoms with Crippen LogP contribution in [0.1, 0.15) is 74.9 Å². The Kier molecular flexibility index (Phi) is 30.2. The predicted octanol–water partition coefficient (Wildman–Crippen LogP) is 16.1. The lowest BCUT2D eigenvalue weighted by molar-refractivity contribution is 0.0147. The number of hydrogen-bond donors (Lipinski definition) is 1. The second-order valence-electron chi connectivity index (χ2n) is 34.7. The summed E-state index contributed by atoms with van der Waals surface area (Å²) < 4.78 is 153. The van der Waals surface area contributed by atoms with Crippen molar-refractivity contribution in [2.24, 2.45) is 5.92 Å². The first-order valence-corrected chi connectivity index (χ1v) is 52.4. The number of aryl methyl sites for hydroxylation is 2. The van der Waals surface area contributed by atoms with Crippen LogP contribution in [0.3, 0.4) is 0 Å². The summed E-state index contributed by atoms with van der Waals surface area (Å²) in [6.07, 6.45) is 10.1. The van der Waals surface area contributed by atoms with Crippen molar-refractivity contribution in [3.8, 4) is 46.1 Å². The molecule has 0 aliphatic carbocycles. The molecule has 0 atom stereocenters. The van der Waals surface area contributed by atoms with E-state index in [9.17, 15) is 52.8 Å². The summed E-state index contributed by atoms with van der Waals surface area (Å²) >= 11 is 0. The van der Waals surface area contributed by atoms with Gasteiger partial charge in [0.15, 0.2) is 58.3 Å². The number of pyridine rings is 6. The average Bonchev–Trinajstić information content (AvgIpc) is 0.779. The van der Waals surface area contributed by atoms with E-state index in [-0.39, 0.29) is 78.8 Å². The number of fused-ring (bicyclic) bond motifs is 4. The van der Waals surface area contributed by atoms with Gasteiger partial charge in [-0.3, -0.25) is 48.8 Å². The number of nitrogens with zero attached hydrogens (tertiary/aromatic N) is 10. The van der Waals surface area contributed by atoms with Crippen LogP contribution in [-0.2, 0) is 63.2 Å². The number of ether oxygens (including phenoxy) is 8. The summed E-state index contributed by atoms with van der Waals surface area (Å²) in [4.78, 5) is 85.1. The van der Waals surface area contributed by atoms with Crippen molar-refractivity contribution < 1.29 is 90.7 Å². The SMILES string of the molecule is COc1cc(C(=O)N2CC(Oc3ccccc3OC)C2)ccc1CS(=O)(=O)c1cccc2cccnc12.COc1cc(CS(=O)(=O)c2cccc3cccnc23)ccc1C(=O)N1CC(Oc2ncccc2OC)C1.COc1ccccc1OC1CN(C(=O)c2ccc(NS(=O)(=O)c3cccc4cccnc34)c(C)c2)C1.Cc1cc(C(=O)N2CC(Cc3ccccn3)C2)ccc1CS(=O)(=O)c1cccc2cccnc12. The number of likely N-dealkylation sites (tertiary alicyclic amines) is 4. The Labute approximate surface area is 833 Å². The van der Waals surface area contributed by atoms with Crippen LogP contribution in [0.5, 0.6) is 46.1 Å². The number of carbonyl (C=O) groups excluding carboxylic acids is 4. The minimum atomic E-state index is -3.88. The van der Waals surface area contributed by atoms with E-state index >= 15 is 0 Å². The lowest BCUT2D eigenvalue weighted by Gasteiger charge is -2.39. The Morgan fingerprint density at radius 1 is 0.319 bits per heavy atom. The lowest BCUT2D eigenvalue weighted by Crippen LogP contribution is -2.56. The molecule has 4 aliphatic rings. The quantitative estimate of drug-likeness (QED) is 0.0455. The number of carbonyl (C=O) groups is 4. The molecule has 10 heterocycles. The van der Waals surface area contributed by atoms with E-state index < -0.39 is 39.5 Å². The molecule has 20 rings (SSSR count). The highest BCUT2D eigenvalue weighted by atomic mass is 32.2. The largest absolute Gasteiger partial charge is 0.496 e. The molecular weight excluding hydrogens is 1910 g/mol. The van der Waals surface area contributed by atoms with Crippen LogP contribution >= 0.6 is 0 Å². The summed E-state index contributed by atoms with van der Waals surface area (Å²) in [5.74, 6) is 3.32. The number of anilines is 1. The van der Waals surface area contributed by atoms with E-state index in [1.807, 2.05) is 127 Å². The number of nitrogens with one attached hydrogen (secondary N) is 1. The fourth-order valence-electron chi connectivity index (χ4n) is 17.2. The van der Waals surface area contributed by atoms with E-state index in [1.54, 1.807) is 232 Å². The van der Waals surface area contributed by atoms with Crippen LogP contribution in [0.25, 0.3) is 43.6 Å². The molecule has 0 spiro atoms. The highest BCUT2D eigenvalue weighted by Gasteiger charge is 2.39. The van der Waals surface area contributed by atoms with Crippen molar-refractivity contribution in [1.82, 2.24) is 49.5 Å². The second kappa shape index (κ2) is 43.6. The van der Waals surface area contributed by atoms with Gasteiger partial charge < -0.3 is 57.5 Å². The topological polar surface area (TPSA) is 381 Å². The third-order valence-corrected chi connectivity index (χ3v) is 31.4. The first-order valence-electron chi connectivity index (χ1n) is 46.0. The fraction of sp³-hybridized carbons (Fsp3) is 0.211. The number of sulfone groups is 3. The van der Waals surface area contributed by atoms with Gasteiger partial charge in [0.05, 0.1) is 140 Å². The highest BCUT2D eigenvalue weighted by molar-refractivity contribution is 7.93. The number of hydrogen-bond acceptors (Lipinski definition) is 26. The molecule has 0 radical (unpaired) electrons. The molecule has 0 bridgehead atoms. The molecule has 6 aromatic heterocycles. The first kappa shape index (κ1) is 99.6. The number of amides is 4. The normalized spacial score (nSPS) is 13.9. The maximum absolute atomic E-state index is 13.3. The minimum absolute atomic E-state index is 0.0203. The van der Waals surface area contributed by atoms with Crippen molar-refractivity contribution in [2.75, 3.05) is 92.6 Å². The van der Waals surface area contributed by atoms with Crippen molar-refractivity contribution in [3.63, 3.8) is 0 Å². The number of benzene rings is 10. The van der Waals surface area contributed by atoms with Gasteiger partial charge in [0.1, 0.15) is 34.7 Å². The number of methoxy groups -OCH3 is 5. The molecule has 4 aliphatic heterocycles. The predicted molar refractivity (Wildman–Crippen MR) is 544 cm³/mol. The van der Waals surface area contributed by atoms with Crippen LogP contribution < -0.4 is 42.6 Å². The maximum Gasteiger partial charge on any atom is 0.264 e. The summed E-state index contributed by atoms with van der Waals surface area (Å²) in [7, 11) is -7.28. The Hall–Kier alpha value is -16.0. The fourth-order valence-corrected chi connectivity index (χ4v) is 23.3. The molecule has 0 unspecified atom stereocenters. The van der Waals surface area contributed by atoms with Crippen LogP contribution in [0, 0.1) is 19.8 Å². The van der Waals surface area contributed by atoms with Crippen LogP contribution in [0.4, 0.5) is 5.69 Å².